The van der Waals surface area contributed by atoms with Gasteiger partial charge in [-0.25, -0.2) is 4.39 Å². The van der Waals surface area contributed by atoms with Crippen molar-refractivity contribution < 1.29 is 28.2 Å². The number of methoxy groups -OCH3 is 1. The number of benzene rings is 3. The quantitative estimate of drug-likeness (QED) is 0.409. The summed E-state index contributed by atoms with van der Waals surface area (Å²) in [5, 5.41) is 0. The summed E-state index contributed by atoms with van der Waals surface area (Å²) in [5.74, 6) is 0.515. The third-order valence-electron chi connectivity index (χ3n) is 5.76. The number of nitrogens with zero attached hydrogens (tertiary/aromatic N) is 1. The van der Waals surface area contributed by atoms with Crippen LogP contribution in [-0.2, 0) is 16.2 Å². The fourth-order valence-corrected chi connectivity index (χ4v) is 3.86. The molecule has 2 N–H and O–H groups in total. The largest absolute Gasteiger partial charge is 0.494 e. The zero-order chi connectivity index (χ0) is 25.5. The molecule has 0 unspecified atom stereocenters. The lowest BCUT2D eigenvalue weighted by Crippen LogP contribution is -2.36. The molecule has 0 radical (unpaired) electrons. The number of hydrazine groups is 1. The highest BCUT2D eigenvalue weighted by molar-refractivity contribution is 6.00. The first-order chi connectivity index (χ1) is 17.5. The lowest BCUT2D eigenvalue weighted by molar-refractivity contribution is -0.125. The normalized spacial score (nSPS) is 14.9. The second-order valence-corrected chi connectivity index (χ2v) is 8.23. The Balaban J connectivity index is 1.31. The molecule has 1 fully saturated rings. The Labute approximate surface area is 208 Å². The van der Waals surface area contributed by atoms with Crippen molar-refractivity contribution in [1.29, 1.82) is 0 Å². The van der Waals surface area contributed by atoms with Crippen molar-refractivity contribution in [3.63, 3.8) is 0 Å². The molecule has 1 aliphatic rings. The maximum absolute atomic E-state index is 13.1. The molecule has 188 valence electrons. The first-order valence-corrected chi connectivity index (χ1v) is 11.6. The highest BCUT2D eigenvalue weighted by atomic mass is 19.1. The fraction of sp³-hybridized carbons (Fsp3) is 0.259. The number of amides is 2. The minimum absolute atomic E-state index is 0.108. The second-order valence-electron chi connectivity index (χ2n) is 8.23. The summed E-state index contributed by atoms with van der Waals surface area (Å²) in [7, 11) is 1.52. The van der Waals surface area contributed by atoms with E-state index in [1.54, 1.807) is 35.2 Å². The van der Waals surface area contributed by atoms with Crippen LogP contribution in [-0.4, -0.2) is 32.1 Å². The number of carbonyl (C=O) groups is 2. The lowest BCUT2D eigenvalue weighted by atomic mass is 10.1. The summed E-state index contributed by atoms with van der Waals surface area (Å²) in [4.78, 5) is 26.9. The van der Waals surface area contributed by atoms with E-state index >= 15 is 0 Å². The van der Waals surface area contributed by atoms with Crippen molar-refractivity contribution in [2.45, 2.75) is 20.0 Å². The van der Waals surface area contributed by atoms with Crippen LogP contribution in [0.4, 0.5) is 15.8 Å². The summed E-state index contributed by atoms with van der Waals surface area (Å²) in [6.07, 6.45) is 0.125. The molecule has 0 spiro atoms. The van der Waals surface area contributed by atoms with Gasteiger partial charge in [-0.15, -0.1) is 0 Å². The van der Waals surface area contributed by atoms with Crippen LogP contribution in [0.25, 0.3) is 0 Å². The van der Waals surface area contributed by atoms with Gasteiger partial charge in [0.1, 0.15) is 18.2 Å². The predicted octanol–water partition coefficient (Wildman–Crippen LogP) is 4.31. The van der Waals surface area contributed by atoms with E-state index in [-0.39, 0.29) is 30.7 Å². The van der Waals surface area contributed by atoms with E-state index in [0.29, 0.717) is 30.3 Å². The van der Waals surface area contributed by atoms with Gasteiger partial charge in [-0.3, -0.25) is 20.4 Å². The van der Waals surface area contributed by atoms with E-state index in [1.165, 1.54) is 19.2 Å². The van der Waals surface area contributed by atoms with Crippen molar-refractivity contribution >= 4 is 23.2 Å². The maximum Gasteiger partial charge on any atom is 0.243 e. The van der Waals surface area contributed by atoms with Gasteiger partial charge in [0, 0.05) is 24.7 Å². The lowest BCUT2D eigenvalue weighted by Gasteiger charge is -2.18. The van der Waals surface area contributed by atoms with E-state index in [0.717, 1.165) is 17.0 Å². The first-order valence-electron chi connectivity index (χ1n) is 11.6. The zero-order valence-electron chi connectivity index (χ0n) is 20.1. The number of hydrogen-bond donors (Lipinski definition) is 2. The molecule has 3 aromatic carbocycles. The van der Waals surface area contributed by atoms with Gasteiger partial charge in [0.15, 0.2) is 11.5 Å². The van der Waals surface area contributed by atoms with Crippen LogP contribution in [0.15, 0.2) is 66.7 Å². The van der Waals surface area contributed by atoms with Crippen LogP contribution < -0.4 is 30.0 Å². The third kappa shape index (κ3) is 6.04. The number of halogens is 1. The molecule has 8 nitrogen and oxygen atoms in total. The number of rotatable bonds is 10. The average Bonchev–Trinajstić information content (AvgIpc) is 3.29. The standard InChI is InChI=1S/C27H28FN3O5/c1-3-35-23-11-9-22(10-12-23)31-16-19(14-26(31)32)27(33)30-29-21-8-13-24(25(15-21)34-2)36-17-18-4-6-20(28)7-5-18/h4-13,15,19,29H,3,14,16-17H2,1-2H3,(H,30,33)/t19-/m1/s1. The number of hydrogen-bond acceptors (Lipinski definition) is 6. The Kier molecular flexibility index (Phi) is 7.89. The average molecular weight is 494 g/mol. The number of carbonyl (C=O) groups excluding carboxylic acids is 2. The molecular weight excluding hydrogens is 465 g/mol. The van der Waals surface area contributed by atoms with Crippen molar-refractivity contribution in [2.24, 2.45) is 5.92 Å². The van der Waals surface area contributed by atoms with Crippen LogP contribution in [0.1, 0.15) is 18.9 Å². The predicted molar refractivity (Wildman–Crippen MR) is 134 cm³/mol. The van der Waals surface area contributed by atoms with E-state index in [2.05, 4.69) is 10.9 Å². The van der Waals surface area contributed by atoms with Gasteiger partial charge >= 0.3 is 0 Å². The molecule has 0 aliphatic carbocycles. The Morgan fingerprint density at radius 3 is 2.47 bits per heavy atom. The molecule has 0 aromatic heterocycles. The van der Waals surface area contributed by atoms with Gasteiger partial charge in [-0.1, -0.05) is 12.1 Å². The van der Waals surface area contributed by atoms with Gasteiger partial charge in [-0.2, -0.15) is 0 Å². The Morgan fingerprint density at radius 1 is 1.03 bits per heavy atom. The topological polar surface area (TPSA) is 89.1 Å². The minimum Gasteiger partial charge on any atom is -0.494 e. The molecular formula is C27H28FN3O5. The van der Waals surface area contributed by atoms with Gasteiger partial charge in [-0.05, 0) is 61.0 Å². The summed E-state index contributed by atoms with van der Waals surface area (Å²) in [6.45, 7) is 3.01. The fourth-order valence-electron chi connectivity index (χ4n) is 3.86. The van der Waals surface area contributed by atoms with Crippen LogP contribution >= 0.6 is 0 Å². The van der Waals surface area contributed by atoms with E-state index in [4.69, 9.17) is 14.2 Å². The van der Waals surface area contributed by atoms with Gasteiger partial charge in [0.05, 0.1) is 25.3 Å². The van der Waals surface area contributed by atoms with Crippen LogP contribution in [0, 0.1) is 11.7 Å². The van der Waals surface area contributed by atoms with E-state index in [9.17, 15) is 14.0 Å². The van der Waals surface area contributed by atoms with Crippen molar-refractivity contribution in [3.05, 3.63) is 78.1 Å². The zero-order valence-corrected chi connectivity index (χ0v) is 20.1. The molecule has 1 aliphatic heterocycles. The number of anilines is 2. The molecule has 2 amide bonds. The summed E-state index contributed by atoms with van der Waals surface area (Å²) in [6, 6.07) is 18.4. The van der Waals surface area contributed by atoms with E-state index in [1.807, 2.05) is 31.2 Å². The number of ether oxygens (including phenoxy) is 3. The minimum atomic E-state index is -0.489. The SMILES string of the molecule is CCOc1ccc(N2C[C@H](C(=O)NNc3ccc(OCc4ccc(F)cc4)c(OC)c3)CC2=O)cc1. The van der Waals surface area contributed by atoms with Crippen LogP contribution in [0.2, 0.25) is 0 Å². The molecule has 1 saturated heterocycles. The molecule has 36 heavy (non-hydrogen) atoms. The molecule has 0 bridgehead atoms. The van der Waals surface area contributed by atoms with Crippen molar-refractivity contribution in [3.8, 4) is 17.2 Å². The third-order valence-corrected chi connectivity index (χ3v) is 5.76. The van der Waals surface area contributed by atoms with Crippen LogP contribution in [0.3, 0.4) is 0 Å². The monoisotopic (exact) mass is 493 g/mol. The Morgan fingerprint density at radius 2 is 1.78 bits per heavy atom. The van der Waals surface area contributed by atoms with Crippen molar-refractivity contribution in [2.75, 3.05) is 30.6 Å². The Bertz CT molecular complexity index is 1200. The highest BCUT2D eigenvalue weighted by Crippen LogP contribution is 2.31. The van der Waals surface area contributed by atoms with Gasteiger partial charge in [0.25, 0.3) is 0 Å². The highest BCUT2D eigenvalue weighted by Gasteiger charge is 2.35. The Hall–Kier alpha value is -4.27. The molecule has 4 rings (SSSR count). The van der Waals surface area contributed by atoms with E-state index < -0.39 is 5.92 Å². The smallest absolute Gasteiger partial charge is 0.243 e. The maximum atomic E-state index is 13.1. The summed E-state index contributed by atoms with van der Waals surface area (Å²) in [5.41, 5.74) is 7.68. The van der Waals surface area contributed by atoms with Crippen LogP contribution in [0.5, 0.6) is 17.2 Å². The van der Waals surface area contributed by atoms with Gasteiger partial charge in [0.2, 0.25) is 11.8 Å². The summed E-state index contributed by atoms with van der Waals surface area (Å²) >= 11 is 0. The molecule has 1 atom stereocenters. The van der Waals surface area contributed by atoms with Crippen molar-refractivity contribution in [1.82, 2.24) is 5.43 Å². The molecule has 9 heteroatoms. The molecule has 3 aromatic rings. The molecule has 1 heterocycles. The van der Waals surface area contributed by atoms with Gasteiger partial charge < -0.3 is 19.1 Å². The number of nitrogens with one attached hydrogen (secondary N) is 2. The molecule has 0 saturated carbocycles. The first kappa shape index (κ1) is 24.8. The second kappa shape index (κ2) is 11.4. The summed E-state index contributed by atoms with van der Waals surface area (Å²) < 4.78 is 29.7.